The Balaban J connectivity index is 1.92. The number of para-hydroxylation sites is 1. The van der Waals surface area contributed by atoms with E-state index >= 15 is 0 Å². The lowest BCUT2D eigenvalue weighted by molar-refractivity contribution is -0.0548. The zero-order chi connectivity index (χ0) is 12.5. The van der Waals surface area contributed by atoms with E-state index in [1.807, 2.05) is 30.3 Å². The number of rotatable bonds is 2. The van der Waals surface area contributed by atoms with Gasteiger partial charge < -0.3 is 14.6 Å². The number of carbonyl (C=O) groups excluding carboxylic acids is 1. The lowest BCUT2D eigenvalue weighted by Crippen LogP contribution is -1.95. The first-order valence-corrected chi connectivity index (χ1v) is 5.50. The largest absolute Gasteiger partial charge is 0.457 e. The molecule has 18 heavy (non-hydrogen) atoms. The van der Waals surface area contributed by atoms with Crippen molar-refractivity contribution in [3.8, 4) is 11.5 Å². The summed E-state index contributed by atoms with van der Waals surface area (Å²) in [5.41, 5.74) is 0.816. The highest BCUT2D eigenvalue weighted by atomic mass is 16.6. The predicted octanol–water partition coefficient (Wildman–Crippen LogP) is 2.64. The Morgan fingerprint density at radius 2 is 1.83 bits per heavy atom. The molecule has 0 saturated carbocycles. The number of aliphatic hydroxyl groups is 1. The molecule has 1 unspecified atom stereocenters. The van der Waals surface area contributed by atoms with Crippen LogP contribution in [0.4, 0.5) is 0 Å². The zero-order valence-electron chi connectivity index (χ0n) is 9.37. The van der Waals surface area contributed by atoms with E-state index in [0.717, 1.165) is 0 Å². The summed E-state index contributed by atoms with van der Waals surface area (Å²) >= 11 is 0. The van der Waals surface area contributed by atoms with Gasteiger partial charge in [0.2, 0.25) is 6.29 Å². The smallest absolute Gasteiger partial charge is 0.341 e. The summed E-state index contributed by atoms with van der Waals surface area (Å²) in [5.74, 6) is 0.734. The van der Waals surface area contributed by atoms with Gasteiger partial charge in [-0.3, -0.25) is 0 Å². The molecule has 1 heterocycles. The monoisotopic (exact) mass is 242 g/mol. The highest BCUT2D eigenvalue weighted by Crippen LogP contribution is 2.32. The second-order valence-corrected chi connectivity index (χ2v) is 3.92. The first-order chi connectivity index (χ1) is 8.74. The van der Waals surface area contributed by atoms with Crippen LogP contribution in [-0.2, 0) is 4.74 Å². The summed E-state index contributed by atoms with van der Waals surface area (Å²) in [6, 6.07) is 14.1. The number of cyclic esters (lactones) is 1. The van der Waals surface area contributed by atoms with Crippen molar-refractivity contribution in [3.05, 3.63) is 59.7 Å². The molecule has 1 atom stereocenters. The molecule has 1 aliphatic heterocycles. The Kier molecular flexibility index (Phi) is 2.50. The molecule has 4 nitrogen and oxygen atoms in total. The first kappa shape index (κ1) is 10.8. The fourth-order valence-corrected chi connectivity index (χ4v) is 1.85. The van der Waals surface area contributed by atoms with Crippen molar-refractivity contribution >= 4 is 5.97 Å². The van der Waals surface area contributed by atoms with E-state index in [9.17, 15) is 9.90 Å². The molecule has 0 radical (unpaired) electrons. The summed E-state index contributed by atoms with van der Waals surface area (Å²) in [7, 11) is 0. The number of hydrogen-bond acceptors (Lipinski definition) is 4. The van der Waals surface area contributed by atoms with Crippen LogP contribution in [0.3, 0.4) is 0 Å². The van der Waals surface area contributed by atoms with Crippen LogP contribution in [0, 0.1) is 0 Å². The number of carbonyl (C=O) groups is 1. The van der Waals surface area contributed by atoms with Crippen molar-refractivity contribution in [2.24, 2.45) is 0 Å². The van der Waals surface area contributed by atoms with Gasteiger partial charge in [0.1, 0.15) is 11.5 Å². The van der Waals surface area contributed by atoms with E-state index in [2.05, 4.69) is 0 Å². The van der Waals surface area contributed by atoms with E-state index in [4.69, 9.17) is 9.47 Å². The third kappa shape index (κ3) is 1.83. The van der Waals surface area contributed by atoms with Gasteiger partial charge in [0.05, 0.1) is 5.56 Å². The molecular formula is C14H10O4. The molecule has 3 rings (SSSR count). The van der Waals surface area contributed by atoms with Crippen LogP contribution in [0.1, 0.15) is 22.2 Å². The van der Waals surface area contributed by atoms with Gasteiger partial charge in [0.15, 0.2) is 0 Å². The van der Waals surface area contributed by atoms with Crippen LogP contribution in [0.25, 0.3) is 0 Å². The average molecular weight is 242 g/mol. The van der Waals surface area contributed by atoms with Gasteiger partial charge in [0.25, 0.3) is 0 Å². The molecule has 2 aromatic carbocycles. The average Bonchev–Trinajstić information content (AvgIpc) is 2.66. The van der Waals surface area contributed by atoms with Crippen molar-refractivity contribution in [3.63, 3.8) is 0 Å². The van der Waals surface area contributed by atoms with Gasteiger partial charge in [-0.15, -0.1) is 0 Å². The van der Waals surface area contributed by atoms with E-state index in [-0.39, 0.29) is 0 Å². The van der Waals surface area contributed by atoms with E-state index in [1.165, 1.54) is 0 Å². The summed E-state index contributed by atoms with van der Waals surface area (Å²) in [6.45, 7) is 0. The number of hydrogen-bond donors (Lipinski definition) is 1. The quantitative estimate of drug-likeness (QED) is 0.822. The second-order valence-electron chi connectivity index (χ2n) is 3.92. The fourth-order valence-electron chi connectivity index (χ4n) is 1.85. The standard InChI is InChI=1S/C14H10O4/c15-13-11-7-6-10(8-12(11)14(16)18-13)17-9-4-2-1-3-5-9/h1-8,14,16H. The van der Waals surface area contributed by atoms with E-state index < -0.39 is 12.3 Å². The van der Waals surface area contributed by atoms with Crippen LogP contribution in [0.5, 0.6) is 11.5 Å². The van der Waals surface area contributed by atoms with Gasteiger partial charge in [-0.05, 0) is 30.3 Å². The van der Waals surface area contributed by atoms with E-state index in [1.54, 1.807) is 18.2 Å². The molecule has 0 aliphatic carbocycles. The number of fused-ring (bicyclic) bond motifs is 1. The fraction of sp³-hybridized carbons (Fsp3) is 0.0714. The van der Waals surface area contributed by atoms with Gasteiger partial charge in [-0.1, -0.05) is 18.2 Å². The van der Waals surface area contributed by atoms with Crippen molar-refractivity contribution in [2.45, 2.75) is 6.29 Å². The van der Waals surface area contributed by atoms with Gasteiger partial charge in [0, 0.05) is 5.56 Å². The van der Waals surface area contributed by atoms with Crippen molar-refractivity contribution < 1.29 is 19.4 Å². The van der Waals surface area contributed by atoms with Crippen molar-refractivity contribution in [1.82, 2.24) is 0 Å². The maximum Gasteiger partial charge on any atom is 0.341 e. The number of ether oxygens (including phenoxy) is 2. The molecule has 1 N–H and O–H groups in total. The Morgan fingerprint density at radius 1 is 1.06 bits per heavy atom. The first-order valence-electron chi connectivity index (χ1n) is 5.50. The number of aliphatic hydroxyl groups excluding tert-OH is 1. The molecule has 2 aromatic rings. The van der Waals surface area contributed by atoms with Crippen LogP contribution in [0.2, 0.25) is 0 Å². The SMILES string of the molecule is O=C1OC(O)c2cc(Oc3ccccc3)ccc21. The van der Waals surface area contributed by atoms with Crippen molar-refractivity contribution in [1.29, 1.82) is 0 Å². The van der Waals surface area contributed by atoms with Gasteiger partial charge in [-0.25, -0.2) is 4.79 Å². The van der Waals surface area contributed by atoms with Gasteiger partial charge in [-0.2, -0.15) is 0 Å². The summed E-state index contributed by atoms with van der Waals surface area (Å²) < 4.78 is 10.3. The minimum atomic E-state index is -1.20. The summed E-state index contributed by atoms with van der Waals surface area (Å²) in [5, 5.41) is 9.54. The minimum Gasteiger partial charge on any atom is -0.457 e. The molecule has 0 spiro atoms. The maximum absolute atomic E-state index is 11.3. The summed E-state index contributed by atoms with van der Waals surface area (Å²) in [4.78, 5) is 11.3. The summed E-state index contributed by atoms with van der Waals surface area (Å²) in [6.07, 6.45) is -1.20. The molecule has 0 fully saturated rings. The van der Waals surface area contributed by atoms with Crippen LogP contribution in [-0.4, -0.2) is 11.1 Å². The second kappa shape index (κ2) is 4.16. The molecule has 0 bridgehead atoms. The van der Waals surface area contributed by atoms with E-state index in [0.29, 0.717) is 22.6 Å². The number of esters is 1. The Hall–Kier alpha value is -2.33. The molecule has 0 amide bonds. The van der Waals surface area contributed by atoms with Crippen LogP contribution < -0.4 is 4.74 Å². The minimum absolute atomic E-state index is 0.378. The Labute approximate surface area is 103 Å². The third-order valence-electron chi connectivity index (χ3n) is 2.71. The molecule has 90 valence electrons. The predicted molar refractivity (Wildman–Crippen MR) is 63.3 cm³/mol. The Bertz CT molecular complexity index is 592. The highest BCUT2D eigenvalue weighted by molar-refractivity contribution is 5.94. The maximum atomic E-state index is 11.3. The lowest BCUT2D eigenvalue weighted by atomic mass is 10.1. The highest BCUT2D eigenvalue weighted by Gasteiger charge is 2.29. The van der Waals surface area contributed by atoms with Crippen molar-refractivity contribution in [2.75, 3.05) is 0 Å². The molecule has 1 aliphatic rings. The third-order valence-corrected chi connectivity index (χ3v) is 2.71. The number of benzene rings is 2. The topological polar surface area (TPSA) is 55.8 Å². The van der Waals surface area contributed by atoms with Gasteiger partial charge >= 0.3 is 5.97 Å². The van der Waals surface area contributed by atoms with Crippen LogP contribution in [0.15, 0.2) is 48.5 Å². The molecule has 4 heteroatoms. The molecule has 0 saturated heterocycles. The Morgan fingerprint density at radius 3 is 2.61 bits per heavy atom. The lowest BCUT2D eigenvalue weighted by Gasteiger charge is -2.07. The van der Waals surface area contributed by atoms with Crippen LogP contribution >= 0.6 is 0 Å². The normalized spacial score (nSPS) is 17.2. The molecule has 0 aromatic heterocycles. The zero-order valence-corrected chi connectivity index (χ0v) is 9.37. The molecular weight excluding hydrogens is 232 g/mol.